The maximum atomic E-state index is 10.4. The number of nitrogens with one attached hydrogen (secondary N) is 2. The molecule has 0 amide bonds. The first-order chi connectivity index (χ1) is 10.8. The van der Waals surface area contributed by atoms with Crippen molar-refractivity contribution in [1.82, 2.24) is 14.6 Å². The number of imidazole rings is 1. The molecule has 3 aromatic rings. The van der Waals surface area contributed by atoms with Gasteiger partial charge in [-0.3, -0.25) is 24.3 Å². The number of aromatic nitrogens is 4. The third-order valence-electron chi connectivity index (χ3n) is 2.25. The van der Waals surface area contributed by atoms with Gasteiger partial charge in [-0.25, -0.2) is 12.9 Å². The molecule has 0 aliphatic heterocycles. The van der Waals surface area contributed by atoms with Crippen LogP contribution in [0.3, 0.4) is 0 Å². The van der Waals surface area contributed by atoms with E-state index in [2.05, 4.69) is 19.2 Å². The van der Waals surface area contributed by atoms with Crippen LogP contribution in [0.25, 0.3) is 5.52 Å². The second-order valence-electron chi connectivity index (χ2n) is 3.70. The van der Waals surface area contributed by atoms with Gasteiger partial charge in [-0.05, 0) is 12.1 Å². The van der Waals surface area contributed by atoms with Gasteiger partial charge in [-0.1, -0.05) is 6.07 Å². The van der Waals surface area contributed by atoms with Crippen LogP contribution in [0.4, 0.5) is 5.69 Å². The van der Waals surface area contributed by atoms with E-state index in [-0.39, 0.29) is 5.69 Å². The summed E-state index contributed by atoms with van der Waals surface area (Å²) < 4.78 is 32.5. The Morgan fingerprint density at radius 2 is 2.13 bits per heavy atom. The number of hydrogen-bond acceptors (Lipinski definition) is 7. The largest absolute Gasteiger partial charge is 0.726 e. The molecule has 11 nitrogen and oxygen atoms in total. The van der Waals surface area contributed by atoms with Crippen LogP contribution in [0.5, 0.6) is 0 Å². The molecule has 3 heterocycles. The second kappa shape index (κ2) is 8.57. The molecular weight excluding hydrogens is 330 g/mol. The number of hydrogen-bond donors (Lipinski definition) is 1. The minimum absolute atomic E-state index is 0.0376. The van der Waals surface area contributed by atoms with Gasteiger partial charge in [-0.2, -0.15) is 5.10 Å². The zero-order chi connectivity index (χ0) is 17.3. The quantitative estimate of drug-likeness (QED) is 0.300. The van der Waals surface area contributed by atoms with Gasteiger partial charge < -0.3 is 4.55 Å². The highest BCUT2D eigenvalue weighted by Crippen LogP contribution is 2.17. The van der Waals surface area contributed by atoms with Gasteiger partial charge in [0.1, 0.15) is 24.1 Å². The average Bonchev–Trinajstić information content (AvgIpc) is 3.20. The lowest BCUT2D eigenvalue weighted by Gasteiger charge is -1.98. The number of H-pyrrole nitrogens is 2. The molecule has 0 bridgehead atoms. The van der Waals surface area contributed by atoms with Crippen LogP contribution in [0.15, 0.2) is 49.3 Å². The van der Waals surface area contributed by atoms with Gasteiger partial charge in [0.15, 0.2) is 0 Å². The zero-order valence-electron chi connectivity index (χ0n) is 11.8. The highest BCUT2D eigenvalue weighted by Gasteiger charge is 2.12. The van der Waals surface area contributed by atoms with Crippen molar-refractivity contribution in [1.29, 1.82) is 0 Å². The number of aromatic amines is 2. The van der Waals surface area contributed by atoms with Crippen molar-refractivity contribution in [3.63, 3.8) is 0 Å². The predicted octanol–water partition coefficient (Wildman–Crippen LogP) is 0.164. The Labute approximate surface area is 130 Å². The third kappa shape index (κ3) is 6.64. The first-order valence-corrected chi connectivity index (χ1v) is 7.25. The summed E-state index contributed by atoms with van der Waals surface area (Å²) >= 11 is 0. The molecule has 2 N–H and O–H groups in total. The molecule has 12 heteroatoms. The summed E-state index contributed by atoms with van der Waals surface area (Å²) in [5.41, 5.74) is 0.554. The SMILES string of the molecule is COS(=O)(=O)[O-].O=[N+]([O-])c1cnn2ccccc12.c1c[nH+]c[nH]1. The highest BCUT2D eigenvalue weighted by molar-refractivity contribution is 7.80. The van der Waals surface area contributed by atoms with Gasteiger partial charge in [0.05, 0.1) is 12.0 Å². The number of rotatable bonds is 2. The van der Waals surface area contributed by atoms with Crippen LogP contribution in [0.1, 0.15) is 0 Å². The summed E-state index contributed by atoms with van der Waals surface area (Å²) in [6.07, 6.45) is 8.30. The molecule has 3 rings (SSSR count). The van der Waals surface area contributed by atoms with Gasteiger partial charge in [0.2, 0.25) is 16.7 Å². The zero-order valence-corrected chi connectivity index (χ0v) is 12.6. The fraction of sp³-hybridized carbons (Fsp3) is 0.0909. The maximum absolute atomic E-state index is 10.4. The number of fused-ring (bicyclic) bond motifs is 1. The topological polar surface area (TPSA) is 157 Å². The summed E-state index contributed by atoms with van der Waals surface area (Å²) in [6, 6.07) is 5.17. The van der Waals surface area contributed by atoms with E-state index in [0.717, 1.165) is 7.11 Å². The van der Waals surface area contributed by atoms with Gasteiger partial charge in [0, 0.05) is 6.20 Å². The highest BCUT2D eigenvalue weighted by atomic mass is 32.3. The lowest BCUT2D eigenvalue weighted by atomic mass is 10.4. The molecule has 23 heavy (non-hydrogen) atoms. The van der Waals surface area contributed by atoms with E-state index < -0.39 is 15.3 Å². The molecule has 124 valence electrons. The average molecular weight is 343 g/mol. The Bertz CT molecular complexity index is 812. The lowest BCUT2D eigenvalue weighted by Crippen LogP contribution is -1.97. The van der Waals surface area contributed by atoms with Crippen LogP contribution in [0.2, 0.25) is 0 Å². The molecule has 0 atom stereocenters. The lowest BCUT2D eigenvalue weighted by molar-refractivity contribution is -0.383. The Morgan fingerprint density at radius 1 is 1.43 bits per heavy atom. The molecule has 0 aliphatic carbocycles. The van der Waals surface area contributed by atoms with Gasteiger partial charge in [0.25, 0.3) is 0 Å². The Morgan fingerprint density at radius 3 is 2.57 bits per heavy atom. The van der Waals surface area contributed by atoms with E-state index in [1.54, 1.807) is 30.7 Å². The van der Waals surface area contributed by atoms with Crippen LogP contribution in [-0.2, 0) is 14.6 Å². The smallest absolute Gasteiger partial charge is 0.314 e. The molecule has 3 aromatic heterocycles. The molecule has 0 fully saturated rings. The van der Waals surface area contributed by atoms with Crippen molar-refractivity contribution in [2.75, 3.05) is 7.11 Å². The monoisotopic (exact) mass is 343 g/mol. The molecule has 0 saturated carbocycles. The summed E-state index contributed by atoms with van der Waals surface area (Å²) in [7, 11) is -3.60. The molecule has 0 radical (unpaired) electrons. The minimum atomic E-state index is -4.41. The fourth-order valence-corrected chi connectivity index (χ4v) is 1.30. The third-order valence-corrected chi connectivity index (χ3v) is 2.66. The van der Waals surface area contributed by atoms with Crippen molar-refractivity contribution in [3.05, 3.63) is 59.4 Å². The van der Waals surface area contributed by atoms with Crippen LogP contribution >= 0.6 is 0 Å². The van der Waals surface area contributed by atoms with Crippen LogP contribution < -0.4 is 4.98 Å². The summed E-state index contributed by atoms with van der Waals surface area (Å²) in [6.45, 7) is 0. The van der Waals surface area contributed by atoms with Crippen molar-refractivity contribution in [2.45, 2.75) is 0 Å². The normalized spacial score (nSPS) is 10.2. The van der Waals surface area contributed by atoms with E-state index >= 15 is 0 Å². The Kier molecular flexibility index (Phi) is 6.79. The number of nitrogens with zero attached hydrogens (tertiary/aromatic N) is 3. The summed E-state index contributed by atoms with van der Waals surface area (Å²) in [5, 5.41) is 14.2. The standard InChI is InChI=1S/C7H5N3O2.C3H4N2.CH4O4S/c11-10(12)7-5-8-9-4-2-1-3-6(7)9;1-2-5-3-4-1;1-5-6(2,3)4/h1-5H;1-3H,(H,4,5);1H3,(H,2,3,4). The maximum Gasteiger partial charge on any atom is 0.314 e. The van der Waals surface area contributed by atoms with Crippen molar-refractivity contribution in [2.24, 2.45) is 0 Å². The first-order valence-electron chi connectivity index (χ1n) is 5.92. The second-order valence-corrected chi connectivity index (χ2v) is 4.85. The van der Waals surface area contributed by atoms with E-state index in [9.17, 15) is 23.1 Å². The molecule has 0 saturated heterocycles. The number of nitro groups is 1. The van der Waals surface area contributed by atoms with E-state index in [0.29, 0.717) is 5.52 Å². The molecule has 0 spiro atoms. The molecular formula is C11H13N5O6S. The Hall–Kier alpha value is -2.83. The van der Waals surface area contributed by atoms with Crippen molar-refractivity contribution < 1.29 is 27.1 Å². The fourth-order valence-electron chi connectivity index (χ4n) is 1.30. The van der Waals surface area contributed by atoms with Crippen molar-refractivity contribution in [3.8, 4) is 0 Å². The number of pyridine rings is 1. The van der Waals surface area contributed by atoms with Crippen LogP contribution in [0, 0.1) is 10.1 Å². The first kappa shape index (κ1) is 18.2. The van der Waals surface area contributed by atoms with Gasteiger partial charge in [-0.15, -0.1) is 0 Å². The molecule has 0 aliphatic rings. The van der Waals surface area contributed by atoms with Gasteiger partial charge >= 0.3 is 5.69 Å². The summed E-state index contributed by atoms with van der Waals surface area (Å²) in [5.74, 6) is 0. The van der Waals surface area contributed by atoms with Crippen molar-refractivity contribution >= 4 is 21.6 Å². The Balaban J connectivity index is 0.000000202. The molecule has 0 aromatic carbocycles. The predicted molar refractivity (Wildman–Crippen MR) is 75.9 cm³/mol. The van der Waals surface area contributed by atoms with E-state index in [1.165, 1.54) is 10.7 Å². The van der Waals surface area contributed by atoms with E-state index in [1.807, 2.05) is 12.4 Å². The summed E-state index contributed by atoms with van der Waals surface area (Å²) in [4.78, 5) is 15.6. The minimum Gasteiger partial charge on any atom is -0.726 e. The van der Waals surface area contributed by atoms with Crippen LogP contribution in [-0.4, -0.2) is 39.6 Å². The molecule has 0 unspecified atom stereocenters. The van der Waals surface area contributed by atoms with E-state index in [4.69, 9.17) is 0 Å².